The van der Waals surface area contributed by atoms with E-state index >= 15 is 0 Å². The Morgan fingerprint density at radius 1 is 1.48 bits per heavy atom. The molecule has 1 N–H and O–H groups in total. The van der Waals surface area contributed by atoms with Crippen LogP contribution in [-0.2, 0) is 22.4 Å². The van der Waals surface area contributed by atoms with Crippen molar-refractivity contribution >= 4 is 22.2 Å². The van der Waals surface area contributed by atoms with E-state index in [1.807, 2.05) is 6.92 Å². The Hall–Kier alpha value is -1.42. The maximum atomic E-state index is 12.6. The molecule has 0 bridgehead atoms. The molecule has 136 valence electrons. The summed E-state index contributed by atoms with van der Waals surface area (Å²) in [6.07, 6.45) is 4.21. The molecule has 0 spiro atoms. The van der Waals surface area contributed by atoms with Crippen molar-refractivity contribution in [3.63, 3.8) is 0 Å². The van der Waals surface area contributed by atoms with E-state index in [0.717, 1.165) is 42.8 Å². The first-order chi connectivity index (χ1) is 12.0. The van der Waals surface area contributed by atoms with Gasteiger partial charge in [-0.1, -0.05) is 13.8 Å². The van der Waals surface area contributed by atoms with E-state index in [1.54, 1.807) is 11.3 Å². The van der Waals surface area contributed by atoms with Gasteiger partial charge in [-0.05, 0) is 44.1 Å². The predicted molar refractivity (Wildman–Crippen MR) is 99.9 cm³/mol. The number of rotatable bonds is 4. The number of nitriles is 1. The second-order valence-corrected chi connectivity index (χ2v) is 8.46. The van der Waals surface area contributed by atoms with Gasteiger partial charge in [0.25, 0.3) is 0 Å². The number of nitrogens with zero attached hydrogens (tertiary/aromatic N) is 2. The zero-order valence-electron chi connectivity index (χ0n) is 15.3. The largest absolute Gasteiger partial charge is 0.376 e. The van der Waals surface area contributed by atoms with Crippen LogP contribution in [0.25, 0.3) is 0 Å². The number of thiophene rings is 1. The quantitative estimate of drug-likeness (QED) is 0.894. The van der Waals surface area contributed by atoms with E-state index in [2.05, 4.69) is 30.1 Å². The lowest BCUT2D eigenvalue weighted by atomic mass is 9.89. The number of hydrogen-bond acceptors (Lipinski definition) is 5. The SMILES string of the molecule is CC[C@@H]1CO[C@@H](C)CN1CC(=O)Nc1sc2c(c1C#N)CC[C@H](C)C2. The highest BCUT2D eigenvalue weighted by Gasteiger charge is 2.28. The molecule has 6 heteroatoms. The van der Waals surface area contributed by atoms with Crippen molar-refractivity contribution in [3.8, 4) is 6.07 Å². The topological polar surface area (TPSA) is 65.4 Å². The minimum absolute atomic E-state index is 0.0318. The first-order valence-corrected chi connectivity index (χ1v) is 10.0. The van der Waals surface area contributed by atoms with Gasteiger partial charge in [0.2, 0.25) is 5.91 Å². The average Bonchev–Trinajstić information content (AvgIpc) is 2.90. The molecule has 1 aliphatic heterocycles. The Morgan fingerprint density at radius 3 is 3.00 bits per heavy atom. The Kier molecular flexibility index (Phi) is 5.78. The Bertz CT molecular complexity index is 679. The van der Waals surface area contributed by atoms with Crippen molar-refractivity contribution < 1.29 is 9.53 Å². The van der Waals surface area contributed by atoms with Gasteiger partial charge in [-0.3, -0.25) is 9.69 Å². The van der Waals surface area contributed by atoms with Gasteiger partial charge < -0.3 is 10.1 Å². The third-order valence-electron chi connectivity index (χ3n) is 5.28. The number of amides is 1. The first-order valence-electron chi connectivity index (χ1n) is 9.21. The third kappa shape index (κ3) is 4.05. The van der Waals surface area contributed by atoms with E-state index in [1.165, 1.54) is 4.88 Å². The molecule has 1 aromatic rings. The zero-order chi connectivity index (χ0) is 18.0. The summed E-state index contributed by atoms with van der Waals surface area (Å²) in [6.45, 7) is 8.22. The molecule has 2 aliphatic rings. The molecule has 2 heterocycles. The highest BCUT2D eigenvalue weighted by atomic mass is 32.1. The standard InChI is InChI=1S/C19H27N3O2S/c1-4-14-11-24-13(3)9-22(14)10-18(23)21-19-16(8-20)15-6-5-12(2)7-17(15)25-19/h12-14H,4-7,9-11H2,1-3H3,(H,21,23)/t12-,13-,14+/m0/s1. The molecule has 1 aliphatic carbocycles. The van der Waals surface area contributed by atoms with Gasteiger partial charge in [0.15, 0.2) is 0 Å². The monoisotopic (exact) mass is 361 g/mol. The number of nitrogens with one attached hydrogen (secondary N) is 1. The van der Waals surface area contributed by atoms with Crippen LogP contribution in [0.4, 0.5) is 5.00 Å². The van der Waals surface area contributed by atoms with Crippen LogP contribution in [0, 0.1) is 17.2 Å². The minimum Gasteiger partial charge on any atom is -0.376 e. The summed E-state index contributed by atoms with van der Waals surface area (Å²) in [6, 6.07) is 2.60. The normalized spacial score (nSPS) is 26.7. The number of fused-ring (bicyclic) bond motifs is 1. The number of hydrogen-bond donors (Lipinski definition) is 1. The van der Waals surface area contributed by atoms with Gasteiger partial charge in [0.05, 0.1) is 24.8 Å². The molecule has 25 heavy (non-hydrogen) atoms. The molecule has 1 amide bonds. The fourth-order valence-electron chi connectivity index (χ4n) is 3.79. The zero-order valence-corrected chi connectivity index (χ0v) is 16.1. The van der Waals surface area contributed by atoms with Crippen LogP contribution < -0.4 is 5.32 Å². The van der Waals surface area contributed by atoms with E-state index < -0.39 is 0 Å². The van der Waals surface area contributed by atoms with Crippen molar-refractivity contribution in [2.45, 2.75) is 58.6 Å². The van der Waals surface area contributed by atoms with Crippen molar-refractivity contribution in [1.29, 1.82) is 5.26 Å². The Balaban J connectivity index is 1.70. The van der Waals surface area contributed by atoms with Crippen LogP contribution in [0.15, 0.2) is 0 Å². The average molecular weight is 362 g/mol. The maximum absolute atomic E-state index is 12.6. The van der Waals surface area contributed by atoms with Crippen LogP contribution in [0.1, 0.15) is 49.6 Å². The summed E-state index contributed by atoms with van der Waals surface area (Å²) < 4.78 is 5.70. The van der Waals surface area contributed by atoms with Crippen molar-refractivity contribution in [2.24, 2.45) is 5.92 Å². The van der Waals surface area contributed by atoms with Gasteiger partial charge in [-0.15, -0.1) is 11.3 Å². The van der Waals surface area contributed by atoms with Crippen molar-refractivity contribution in [2.75, 3.05) is 25.0 Å². The predicted octanol–water partition coefficient (Wildman–Crippen LogP) is 3.18. The molecule has 0 saturated carbocycles. The highest BCUT2D eigenvalue weighted by molar-refractivity contribution is 7.16. The molecule has 3 atom stereocenters. The molecule has 3 rings (SSSR count). The molecule has 0 unspecified atom stereocenters. The van der Waals surface area contributed by atoms with Gasteiger partial charge in [-0.2, -0.15) is 5.26 Å². The third-order valence-corrected chi connectivity index (χ3v) is 6.45. The van der Waals surface area contributed by atoms with Crippen LogP contribution in [0.3, 0.4) is 0 Å². The molecule has 0 radical (unpaired) electrons. The maximum Gasteiger partial charge on any atom is 0.239 e. The van der Waals surface area contributed by atoms with E-state index in [9.17, 15) is 10.1 Å². The number of carbonyl (C=O) groups is 1. The van der Waals surface area contributed by atoms with Gasteiger partial charge in [-0.25, -0.2) is 0 Å². The lowest BCUT2D eigenvalue weighted by molar-refractivity contribution is -0.121. The molecule has 0 aromatic carbocycles. The summed E-state index contributed by atoms with van der Waals surface area (Å²) in [5.74, 6) is 0.622. The molecule has 5 nitrogen and oxygen atoms in total. The molecule has 1 saturated heterocycles. The summed E-state index contributed by atoms with van der Waals surface area (Å²) in [5.41, 5.74) is 1.84. The summed E-state index contributed by atoms with van der Waals surface area (Å²) in [5, 5.41) is 13.3. The smallest absolute Gasteiger partial charge is 0.239 e. The van der Waals surface area contributed by atoms with Crippen LogP contribution >= 0.6 is 11.3 Å². The van der Waals surface area contributed by atoms with E-state index in [4.69, 9.17) is 4.74 Å². The van der Waals surface area contributed by atoms with Crippen molar-refractivity contribution in [3.05, 3.63) is 16.0 Å². The fourth-order valence-corrected chi connectivity index (χ4v) is 5.17. The summed E-state index contributed by atoms with van der Waals surface area (Å²) in [7, 11) is 0. The molecular formula is C19H27N3O2S. The van der Waals surface area contributed by atoms with Gasteiger partial charge in [0.1, 0.15) is 11.1 Å². The number of carbonyl (C=O) groups excluding carboxylic acids is 1. The second-order valence-electron chi connectivity index (χ2n) is 7.35. The fraction of sp³-hybridized carbons (Fsp3) is 0.684. The lowest BCUT2D eigenvalue weighted by Gasteiger charge is -2.37. The second kappa shape index (κ2) is 7.86. The number of ether oxygens (including phenoxy) is 1. The Morgan fingerprint density at radius 2 is 2.28 bits per heavy atom. The molecule has 1 fully saturated rings. The lowest BCUT2D eigenvalue weighted by Crippen LogP contribution is -2.51. The molecular weight excluding hydrogens is 334 g/mol. The highest BCUT2D eigenvalue weighted by Crippen LogP contribution is 2.39. The number of morpholine rings is 1. The van der Waals surface area contributed by atoms with Gasteiger partial charge in [0, 0.05) is 17.5 Å². The minimum atomic E-state index is -0.0318. The summed E-state index contributed by atoms with van der Waals surface area (Å²) in [4.78, 5) is 16.1. The Labute approximate surface area is 154 Å². The first kappa shape index (κ1) is 18.4. The van der Waals surface area contributed by atoms with Crippen LogP contribution in [0.2, 0.25) is 0 Å². The van der Waals surface area contributed by atoms with E-state index in [-0.39, 0.29) is 18.1 Å². The van der Waals surface area contributed by atoms with Crippen LogP contribution in [-0.4, -0.2) is 42.6 Å². The van der Waals surface area contributed by atoms with Gasteiger partial charge >= 0.3 is 0 Å². The van der Waals surface area contributed by atoms with Crippen molar-refractivity contribution in [1.82, 2.24) is 4.90 Å². The van der Waals surface area contributed by atoms with Crippen LogP contribution in [0.5, 0.6) is 0 Å². The van der Waals surface area contributed by atoms with E-state index in [0.29, 0.717) is 24.6 Å². The number of anilines is 1. The molecule has 1 aromatic heterocycles. The summed E-state index contributed by atoms with van der Waals surface area (Å²) >= 11 is 1.59.